The third-order valence-corrected chi connectivity index (χ3v) is 4.01. The molecule has 2 rings (SSSR count). The molecule has 0 aliphatic rings. The number of thiazole rings is 1. The molecule has 0 aliphatic heterocycles. The topological polar surface area (TPSA) is 51.6 Å². The van der Waals surface area contributed by atoms with Gasteiger partial charge in [0.25, 0.3) is 0 Å². The summed E-state index contributed by atoms with van der Waals surface area (Å²) in [5.74, 6) is 1.21. The van der Waals surface area contributed by atoms with Gasteiger partial charge in [-0.3, -0.25) is 0 Å². The molecule has 0 saturated carbocycles. The molecular formula is C13H14BrNO3S. The van der Waals surface area contributed by atoms with Crippen LogP contribution in [0.5, 0.6) is 11.5 Å². The number of nitrogens with zero attached hydrogens (tertiary/aromatic N) is 1. The molecule has 1 N–H and O–H groups in total. The molecule has 19 heavy (non-hydrogen) atoms. The predicted octanol–water partition coefficient (Wildman–Crippen LogP) is 3.29. The van der Waals surface area contributed by atoms with Crippen molar-refractivity contribution in [2.45, 2.75) is 20.1 Å². The Morgan fingerprint density at radius 1 is 1.42 bits per heavy atom. The summed E-state index contributed by atoms with van der Waals surface area (Å²) in [5, 5.41) is 12.1. The van der Waals surface area contributed by atoms with Gasteiger partial charge in [-0.2, -0.15) is 0 Å². The highest BCUT2D eigenvalue weighted by Gasteiger charge is 2.12. The number of hydrogen-bond donors (Lipinski definition) is 1. The number of ether oxygens (including phenoxy) is 2. The van der Waals surface area contributed by atoms with Crippen molar-refractivity contribution in [2.24, 2.45) is 0 Å². The van der Waals surface area contributed by atoms with E-state index in [2.05, 4.69) is 20.9 Å². The van der Waals surface area contributed by atoms with Crippen LogP contribution < -0.4 is 9.47 Å². The third kappa shape index (κ3) is 3.46. The van der Waals surface area contributed by atoms with Crippen LogP contribution in [0, 0.1) is 6.92 Å². The second kappa shape index (κ2) is 6.36. The number of hydrogen-bond acceptors (Lipinski definition) is 5. The van der Waals surface area contributed by atoms with Crippen LogP contribution in [0.4, 0.5) is 0 Å². The lowest BCUT2D eigenvalue weighted by Gasteiger charge is -2.13. The summed E-state index contributed by atoms with van der Waals surface area (Å²) in [4.78, 5) is 4.34. The lowest BCUT2D eigenvalue weighted by atomic mass is 10.2. The lowest BCUT2D eigenvalue weighted by molar-refractivity contribution is 0.272. The van der Waals surface area contributed by atoms with Crippen LogP contribution in [0.3, 0.4) is 0 Å². The first-order valence-electron chi connectivity index (χ1n) is 5.65. The van der Waals surface area contributed by atoms with E-state index in [1.807, 2.05) is 18.4 Å². The minimum atomic E-state index is -0.0408. The van der Waals surface area contributed by atoms with Gasteiger partial charge in [-0.05, 0) is 40.5 Å². The monoisotopic (exact) mass is 343 g/mol. The van der Waals surface area contributed by atoms with Crippen molar-refractivity contribution in [1.29, 1.82) is 0 Å². The molecule has 102 valence electrons. The van der Waals surface area contributed by atoms with Gasteiger partial charge < -0.3 is 14.6 Å². The highest BCUT2D eigenvalue weighted by atomic mass is 79.9. The molecule has 0 radical (unpaired) electrons. The summed E-state index contributed by atoms with van der Waals surface area (Å²) in [6.45, 7) is 2.30. The summed E-state index contributed by atoms with van der Waals surface area (Å²) < 4.78 is 11.8. The molecule has 1 aromatic carbocycles. The summed E-state index contributed by atoms with van der Waals surface area (Å²) in [5.41, 5.74) is 1.76. The number of benzene rings is 1. The normalized spacial score (nSPS) is 10.5. The Morgan fingerprint density at radius 3 is 2.79 bits per heavy atom. The average molecular weight is 344 g/mol. The van der Waals surface area contributed by atoms with E-state index >= 15 is 0 Å². The fraction of sp³-hybridized carbons (Fsp3) is 0.308. The maximum Gasteiger partial charge on any atom is 0.175 e. The Hall–Kier alpha value is -1.11. The number of rotatable bonds is 5. The number of aryl methyl sites for hydroxylation is 1. The Labute approximate surface area is 124 Å². The highest BCUT2D eigenvalue weighted by Crippen LogP contribution is 2.37. The maximum atomic E-state index is 9.16. The molecule has 0 atom stereocenters. The van der Waals surface area contributed by atoms with Gasteiger partial charge in [0, 0.05) is 11.1 Å². The largest absolute Gasteiger partial charge is 0.493 e. The zero-order chi connectivity index (χ0) is 13.8. The van der Waals surface area contributed by atoms with E-state index in [9.17, 15) is 0 Å². The molecule has 0 unspecified atom stereocenters. The van der Waals surface area contributed by atoms with Gasteiger partial charge in [-0.1, -0.05) is 0 Å². The van der Waals surface area contributed by atoms with E-state index in [-0.39, 0.29) is 6.61 Å². The second-order valence-corrected chi connectivity index (χ2v) is 5.74. The van der Waals surface area contributed by atoms with Crippen molar-refractivity contribution in [3.63, 3.8) is 0 Å². The molecule has 4 nitrogen and oxygen atoms in total. The van der Waals surface area contributed by atoms with Crippen molar-refractivity contribution in [3.8, 4) is 11.5 Å². The van der Waals surface area contributed by atoms with Crippen molar-refractivity contribution in [3.05, 3.63) is 38.3 Å². The number of aromatic nitrogens is 1. The minimum absolute atomic E-state index is 0.0408. The van der Waals surface area contributed by atoms with E-state index in [1.165, 1.54) is 0 Å². The van der Waals surface area contributed by atoms with E-state index in [0.717, 1.165) is 20.7 Å². The standard InChI is InChI=1S/C13H14BrNO3S/c1-8-7-19-12(15-8)6-18-13-10(14)3-9(5-16)4-11(13)17-2/h3-4,7,16H,5-6H2,1-2H3. The average Bonchev–Trinajstić information content (AvgIpc) is 2.82. The maximum absolute atomic E-state index is 9.16. The molecule has 0 amide bonds. The molecule has 0 bridgehead atoms. The number of aliphatic hydroxyl groups excluding tert-OH is 1. The van der Waals surface area contributed by atoms with Crippen molar-refractivity contribution in [2.75, 3.05) is 7.11 Å². The number of methoxy groups -OCH3 is 1. The molecule has 0 aliphatic carbocycles. The number of halogens is 1. The van der Waals surface area contributed by atoms with Gasteiger partial charge >= 0.3 is 0 Å². The second-order valence-electron chi connectivity index (χ2n) is 3.94. The SMILES string of the molecule is COc1cc(CO)cc(Br)c1OCc1nc(C)cs1. The van der Waals surface area contributed by atoms with E-state index in [1.54, 1.807) is 24.5 Å². The Morgan fingerprint density at radius 2 is 2.21 bits per heavy atom. The smallest absolute Gasteiger partial charge is 0.175 e. The zero-order valence-corrected chi connectivity index (χ0v) is 13.0. The molecule has 0 saturated heterocycles. The fourth-order valence-electron chi connectivity index (χ4n) is 1.61. The highest BCUT2D eigenvalue weighted by molar-refractivity contribution is 9.10. The van der Waals surface area contributed by atoms with E-state index in [0.29, 0.717) is 18.1 Å². The molecule has 0 spiro atoms. The summed E-state index contributed by atoms with van der Waals surface area (Å²) in [7, 11) is 1.57. The first-order valence-corrected chi connectivity index (χ1v) is 7.32. The lowest BCUT2D eigenvalue weighted by Crippen LogP contribution is -1.99. The summed E-state index contributed by atoms with van der Waals surface area (Å²) >= 11 is 4.99. The molecule has 1 aromatic heterocycles. The first kappa shape index (κ1) is 14.3. The van der Waals surface area contributed by atoms with Crippen LogP contribution in [0.15, 0.2) is 22.0 Å². The summed E-state index contributed by atoms with van der Waals surface area (Å²) in [6, 6.07) is 3.57. The van der Waals surface area contributed by atoms with E-state index < -0.39 is 0 Å². The third-order valence-electron chi connectivity index (χ3n) is 2.48. The summed E-state index contributed by atoms with van der Waals surface area (Å²) in [6.07, 6.45) is 0. The van der Waals surface area contributed by atoms with Crippen LogP contribution >= 0.6 is 27.3 Å². The van der Waals surface area contributed by atoms with Crippen molar-refractivity contribution < 1.29 is 14.6 Å². The van der Waals surface area contributed by atoms with Crippen LogP contribution in [-0.2, 0) is 13.2 Å². The molecule has 2 aromatic rings. The minimum Gasteiger partial charge on any atom is -0.493 e. The first-order chi connectivity index (χ1) is 9.13. The van der Waals surface area contributed by atoms with Gasteiger partial charge in [0.2, 0.25) is 0 Å². The van der Waals surface area contributed by atoms with Gasteiger partial charge in [0.05, 0.1) is 18.2 Å². The van der Waals surface area contributed by atoms with Gasteiger partial charge in [-0.15, -0.1) is 11.3 Å². The van der Waals surface area contributed by atoms with Crippen LogP contribution in [0.25, 0.3) is 0 Å². The molecule has 6 heteroatoms. The van der Waals surface area contributed by atoms with E-state index in [4.69, 9.17) is 14.6 Å². The predicted molar refractivity (Wildman–Crippen MR) is 77.8 cm³/mol. The molecule has 0 fully saturated rings. The number of aliphatic hydroxyl groups is 1. The van der Waals surface area contributed by atoms with Crippen molar-refractivity contribution in [1.82, 2.24) is 4.98 Å². The van der Waals surface area contributed by atoms with Crippen LogP contribution in [0.2, 0.25) is 0 Å². The van der Waals surface area contributed by atoms with Gasteiger partial charge in [0.1, 0.15) is 11.6 Å². The Bertz CT molecular complexity index is 571. The van der Waals surface area contributed by atoms with Crippen LogP contribution in [-0.4, -0.2) is 17.2 Å². The molecular weight excluding hydrogens is 330 g/mol. The van der Waals surface area contributed by atoms with Gasteiger partial charge in [-0.25, -0.2) is 4.98 Å². The Balaban J connectivity index is 2.19. The van der Waals surface area contributed by atoms with Crippen molar-refractivity contribution >= 4 is 27.3 Å². The quantitative estimate of drug-likeness (QED) is 0.904. The van der Waals surface area contributed by atoms with Gasteiger partial charge in [0.15, 0.2) is 11.5 Å². The Kier molecular flexibility index (Phi) is 4.79. The molecule has 1 heterocycles. The van der Waals surface area contributed by atoms with Crippen LogP contribution in [0.1, 0.15) is 16.3 Å². The fourth-order valence-corrected chi connectivity index (χ4v) is 2.89. The zero-order valence-electron chi connectivity index (χ0n) is 10.6.